The Labute approximate surface area is 136 Å². The van der Waals surface area contributed by atoms with E-state index in [1.807, 2.05) is 0 Å². The molecule has 0 spiro atoms. The summed E-state index contributed by atoms with van der Waals surface area (Å²) in [5, 5.41) is -0.393. The van der Waals surface area contributed by atoms with Gasteiger partial charge in [0.15, 0.2) is 0 Å². The number of ether oxygens (including phenoxy) is 1. The van der Waals surface area contributed by atoms with Gasteiger partial charge in [0.1, 0.15) is 11.9 Å². The van der Waals surface area contributed by atoms with E-state index < -0.39 is 36.5 Å². The van der Waals surface area contributed by atoms with Crippen molar-refractivity contribution in [3.63, 3.8) is 0 Å². The first kappa shape index (κ1) is 20.0. The van der Waals surface area contributed by atoms with Crippen molar-refractivity contribution < 1.29 is 36.3 Å². The van der Waals surface area contributed by atoms with E-state index in [4.69, 9.17) is 25.4 Å². The molecule has 0 bridgehead atoms. The topological polar surface area (TPSA) is 61.8 Å². The average Bonchev–Trinajstić information content (AvgIpc) is 2.40. The fourth-order valence-corrected chi connectivity index (χ4v) is 3.24. The lowest BCUT2D eigenvalue weighted by Gasteiger charge is -2.16. The van der Waals surface area contributed by atoms with E-state index in [2.05, 4.69) is 0 Å². The Balaban J connectivity index is 2.83. The monoisotopic (exact) mass is 374 g/mol. The molecule has 1 aromatic carbocycles. The predicted molar refractivity (Wildman–Crippen MR) is 77.8 cm³/mol. The van der Waals surface area contributed by atoms with Gasteiger partial charge in [0.05, 0.1) is 23.8 Å². The van der Waals surface area contributed by atoms with Gasteiger partial charge in [0, 0.05) is 0 Å². The zero-order valence-corrected chi connectivity index (χ0v) is 14.0. The minimum absolute atomic E-state index is 0.0611. The highest BCUT2D eigenvalue weighted by molar-refractivity contribution is 7.54. The number of hydrogen-bond acceptors (Lipinski definition) is 5. The Morgan fingerprint density at radius 2 is 1.78 bits per heavy atom. The van der Waals surface area contributed by atoms with Crippen LogP contribution in [0.3, 0.4) is 0 Å². The summed E-state index contributed by atoms with van der Waals surface area (Å²) in [6.45, 7) is 3.27. The summed E-state index contributed by atoms with van der Waals surface area (Å²) in [6.07, 6.45) is -5.24. The largest absolute Gasteiger partial charge is 0.424 e. The van der Waals surface area contributed by atoms with Crippen molar-refractivity contribution in [3.05, 3.63) is 28.8 Å². The molecule has 5 nitrogen and oxygen atoms in total. The molecule has 1 rings (SSSR count). The summed E-state index contributed by atoms with van der Waals surface area (Å²) in [7, 11) is -3.66. The lowest BCUT2D eigenvalue weighted by Crippen LogP contribution is -2.16. The van der Waals surface area contributed by atoms with Crippen molar-refractivity contribution >= 4 is 25.2 Å². The van der Waals surface area contributed by atoms with E-state index in [9.17, 15) is 22.5 Å². The number of rotatable bonds is 7. The van der Waals surface area contributed by atoms with Gasteiger partial charge in [0.25, 0.3) is 0 Å². The van der Waals surface area contributed by atoms with Crippen molar-refractivity contribution in [1.29, 1.82) is 0 Å². The first-order chi connectivity index (χ1) is 10.6. The van der Waals surface area contributed by atoms with Crippen LogP contribution in [0.15, 0.2) is 18.2 Å². The molecule has 0 radical (unpaired) electrons. The van der Waals surface area contributed by atoms with Crippen LogP contribution >= 0.6 is 19.2 Å². The van der Waals surface area contributed by atoms with Gasteiger partial charge in [0.2, 0.25) is 0 Å². The van der Waals surface area contributed by atoms with Crippen molar-refractivity contribution in [2.75, 3.05) is 19.4 Å². The number of carbonyl (C=O) groups is 1. The Hall–Kier alpha value is -1.08. The van der Waals surface area contributed by atoms with E-state index in [1.165, 1.54) is 0 Å². The molecule has 10 heteroatoms. The van der Waals surface area contributed by atoms with E-state index in [1.54, 1.807) is 13.8 Å². The highest BCUT2D eigenvalue weighted by Gasteiger charge is 2.32. The van der Waals surface area contributed by atoms with E-state index >= 15 is 0 Å². The third-order valence-corrected chi connectivity index (χ3v) is 4.70. The highest BCUT2D eigenvalue weighted by Crippen LogP contribution is 2.48. The minimum Gasteiger partial charge on any atom is -0.424 e. The first-order valence-corrected chi connectivity index (χ1v) is 8.67. The molecular weight excluding hydrogens is 360 g/mol. The fourth-order valence-electron chi connectivity index (χ4n) is 1.59. The number of esters is 1. The molecule has 0 heterocycles. The van der Waals surface area contributed by atoms with Gasteiger partial charge in [-0.05, 0) is 32.0 Å². The van der Waals surface area contributed by atoms with Crippen LogP contribution in [0.2, 0.25) is 5.02 Å². The van der Waals surface area contributed by atoms with Crippen molar-refractivity contribution in [1.82, 2.24) is 0 Å². The van der Waals surface area contributed by atoms with Crippen LogP contribution in [0.4, 0.5) is 13.2 Å². The van der Waals surface area contributed by atoms with E-state index in [-0.39, 0.29) is 19.0 Å². The lowest BCUT2D eigenvalue weighted by molar-refractivity contribution is -0.137. The van der Waals surface area contributed by atoms with Gasteiger partial charge in [-0.15, -0.1) is 0 Å². The molecular formula is C13H15ClF3O5P. The molecule has 0 aromatic heterocycles. The van der Waals surface area contributed by atoms with Crippen LogP contribution < -0.4 is 4.74 Å². The summed E-state index contributed by atoms with van der Waals surface area (Å²) < 4.78 is 64.4. The summed E-state index contributed by atoms with van der Waals surface area (Å²) >= 11 is 5.66. The maximum atomic E-state index is 12.5. The Morgan fingerprint density at radius 1 is 1.22 bits per heavy atom. The zero-order chi connectivity index (χ0) is 17.7. The second-order valence-corrected chi connectivity index (χ2v) is 6.68. The van der Waals surface area contributed by atoms with Gasteiger partial charge in [-0.2, -0.15) is 13.2 Å². The first-order valence-electron chi connectivity index (χ1n) is 6.57. The van der Waals surface area contributed by atoms with Gasteiger partial charge < -0.3 is 13.8 Å². The molecule has 0 unspecified atom stereocenters. The van der Waals surface area contributed by atoms with E-state index in [0.29, 0.717) is 6.07 Å². The van der Waals surface area contributed by atoms with Crippen LogP contribution in [0, 0.1) is 0 Å². The minimum atomic E-state index is -4.56. The van der Waals surface area contributed by atoms with Crippen molar-refractivity contribution in [2.45, 2.75) is 20.0 Å². The quantitative estimate of drug-likeness (QED) is 0.398. The fraction of sp³-hybridized carbons (Fsp3) is 0.462. The molecule has 0 N–H and O–H groups in total. The smallest absolute Gasteiger partial charge is 0.416 e. The summed E-state index contributed by atoms with van der Waals surface area (Å²) in [6, 6.07) is 2.27. The van der Waals surface area contributed by atoms with Gasteiger partial charge in [-0.25, -0.2) is 0 Å². The third-order valence-electron chi connectivity index (χ3n) is 2.46. The zero-order valence-electron chi connectivity index (χ0n) is 12.4. The summed E-state index contributed by atoms with van der Waals surface area (Å²) in [5.41, 5.74) is -0.975. The predicted octanol–water partition coefficient (Wildman–Crippen LogP) is 4.53. The summed E-state index contributed by atoms with van der Waals surface area (Å²) in [4.78, 5) is 11.8. The van der Waals surface area contributed by atoms with Gasteiger partial charge in [-0.3, -0.25) is 9.36 Å². The van der Waals surface area contributed by atoms with Crippen LogP contribution in [0.1, 0.15) is 19.4 Å². The van der Waals surface area contributed by atoms with Crippen LogP contribution in [-0.4, -0.2) is 25.3 Å². The molecule has 1 aromatic rings. The summed E-state index contributed by atoms with van der Waals surface area (Å²) in [5.74, 6) is -1.26. The van der Waals surface area contributed by atoms with Gasteiger partial charge >= 0.3 is 19.7 Å². The van der Waals surface area contributed by atoms with Gasteiger partial charge in [-0.1, -0.05) is 11.6 Å². The molecule has 0 amide bonds. The average molecular weight is 375 g/mol. The molecule has 0 aliphatic rings. The molecule has 0 saturated heterocycles. The number of alkyl halides is 3. The maximum Gasteiger partial charge on any atom is 0.416 e. The maximum absolute atomic E-state index is 12.5. The second-order valence-electron chi connectivity index (χ2n) is 4.22. The molecule has 0 atom stereocenters. The molecule has 0 aliphatic heterocycles. The van der Waals surface area contributed by atoms with E-state index in [0.717, 1.165) is 12.1 Å². The molecule has 23 heavy (non-hydrogen) atoms. The Kier molecular flexibility index (Phi) is 7.07. The van der Waals surface area contributed by atoms with Crippen molar-refractivity contribution in [2.24, 2.45) is 0 Å². The Morgan fingerprint density at radius 3 is 2.22 bits per heavy atom. The molecule has 0 aliphatic carbocycles. The molecule has 0 saturated carbocycles. The second kappa shape index (κ2) is 8.15. The number of halogens is 4. The number of hydrogen-bond donors (Lipinski definition) is 0. The van der Waals surface area contributed by atoms with Crippen molar-refractivity contribution in [3.8, 4) is 5.75 Å². The SMILES string of the molecule is CCOP(=O)(CC(=O)Oc1ccc(C(F)(F)F)cc1Cl)OCC. The Bertz CT molecular complexity index is 596. The third kappa shape index (κ3) is 6.14. The number of carbonyl (C=O) groups excluding carboxylic acids is 1. The normalized spacial score (nSPS) is 12.3. The molecule has 0 fully saturated rings. The lowest BCUT2D eigenvalue weighted by atomic mass is 10.2. The standard InChI is InChI=1S/C13H15ClF3O5P/c1-3-20-23(19,21-4-2)8-12(18)22-11-6-5-9(7-10(11)14)13(15,16)17/h5-7H,3-4,8H2,1-2H3. The van der Waals surface area contributed by atoms with Crippen LogP contribution in [0.5, 0.6) is 5.75 Å². The van der Waals surface area contributed by atoms with Crippen LogP contribution in [0.25, 0.3) is 0 Å². The highest BCUT2D eigenvalue weighted by atomic mass is 35.5. The molecule has 130 valence electrons. The van der Waals surface area contributed by atoms with Crippen LogP contribution in [-0.2, 0) is 24.6 Å². The number of benzene rings is 1.